The first-order valence-electron chi connectivity index (χ1n) is 9.16. The van der Waals surface area contributed by atoms with Crippen molar-refractivity contribution in [2.45, 2.75) is 64.5 Å². The predicted molar refractivity (Wildman–Crippen MR) is 101 cm³/mol. The molecule has 3 rings (SSSR count). The third kappa shape index (κ3) is 4.53. The summed E-state index contributed by atoms with van der Waals surface area (Å²) in [5, 5.41) is 14.0. The maximum Gasteiger partial charge on any atom is 0.224 e. The number of nitrogens with zero attached hydrogens (tertiary/aromatic N) is 2. The molecule has 2 aromatic heterocycles. The molecule has 0 radical (unpaired) electrons. The fourth-order valence-corrected chi connectivity index (χ4v) is 3.97. The molecule has 1 amide bonds. The highest BCUT2D eigenvalue weighted by atomic mass is 35.5. The summed E-state index contributed by atoms with van der Waals surface area (Å²) < 4.78 is 1.84. The number of aliphatic hydroxyl groups is 1. The second kappa shape index (κ2) is 8.19. The van der Waals surface area contributed by atoms with Gasteiger partial charge in [-0.2, -0.15) is 0 Å². The van der Waals surface area contributed by atoms with Crippen molar-refractivity contribution in [3.05, 3.63) is 23.5 Å². The van der Waals surface area contributed by atoms with Crippen molar-refractivity contribution >= 4 is 34.2 Å². The molecular weight excluding hydrogens is 338 g/mol. The Labute approximate surface area is 153 Å². The summed E-state index contributed by atoms with van der Waals surface area (Å²) in [4.78, 5) is 16.9. The molecule has 1 aliphatic carbocycles. The molecule has 0 saturated heterocycles. The zero-order valence-electron chi connectivity index (χ0n) is 14.7. The van der Waals surface area contributed by atoms with E-state index in [-0.39, 0.29) is 5.91 Å². The van der Waals surface area contributed by atoms with E-state index in [9.17, 15) is 9.90 Å². The Balaban J connectivity index is 1.79. The van der Waals surface area contributed by atoms with E-state index in [0.717, 1.165) is 18.2 Å². The van der Waals surface area contributed by atoms with Crippen LogP contribution in [0.2, 0.25) is 5.02 Å². The summed E-state index contributed by atoms with van der Waals surface area (Å²) in [6, 6.07) is 1.72. The lowest BCUT2D eigenvalue weighted by Gasteiger charge is -2.13. The van der Waals surface area contributed by atoms with Gasteiger partial charge in [0.05, 0.1) is 22.2 Å². The van der Waals surface area contributed by atoms with Crippen LogP contribution in [0.25, 0.3) is 11.0 Å². The largest absolute Gasteiger partial charge is 0.392 e. The summed E-state index contributed by atoms with van der Waals surface area (Å²) in [6.45, 7) is 2.13. The third-order valence-electron chi connectivity index (χ3n) is 4.89. The zero-order valence-corrected chi connectivity index (χ0v) is 15.4. The van der Waals surface area contributed by atoms with E-state index in [4.69, 9.17) is 11.6 Å². The van der Waals surface area contributed by atoms with Crippen molar-refractivity contribution in [3.8, 4) is 0 Å². The van der Waals surface area contributed by atoms with E-state index >= 15 is 0 Å². The van der Waals surface area contributed by atoms with Gasteiger partial charge >= 0.3 is 0 Å². The highest BCUT2D eigenvalue weighted by Crippen LogP contribution is 2.32. The van der Waals surface area contributed by atoms with Crippen LogP contribution in [0.3, 0.4) is 0 Å². The average molecular weight is 364 g/mol. The number of nitrogens with one attached hydrogen (secondary N) is 1. The number of aliphatic hydroxyl groups excluding tert-OH is 1. The Morgan fingerprint density at radius 2 is 2.12 bits per heavy atom. The molecule has 1 fully saturated rings. The summed E-state index contributed by atoms with van der Waals surface area (Å²) in [6.07, 6.45) is 10.8. The molecular formula is C19H26ClN3O2. The topological polar surface area (TPSA) is 67.2 Å². The Kier molecular flexibility index (Phi) is 5.97. The molecule has 0 aromatic carbocycles. The van der Waals surface area contributed by atoms with Gasteiger partial charge in [-0.15, -0.1) is 0 Å². The van der Waals surface area contributed by atoms with Gasteiger partial charge in [0.25, 0.3) is 0 Å². The zero-order chi connectivity index (χ0) is 17.8. The van der Waals surface area contributed by atoms with Gasteiger partial charge in [-0.25, -0.2) is 4.98 Å². The molecule has 2 aromatic rings. The number of carbonyl (C=O) groups is 1. The molecule has 1 aliphatic rings. The van der Waals surface area contributed by atoms with Gasteiger partial charge in [0.2, 0.25) is 5.91 Å². The monoisotopic (exact) mass is 363 g/mol. The van der Waals surface area contributed by atoms with Crippen LogP contribution in [0.1, 0.15) is 51.9 Å². The number of anilines is 1. The van der Waals surface area contributed by atoms with E-state index in [1.165, 1.54) is 25.7 Å². The molecule has 1 saturated carbocycles. The van der Waals surface area contributed by atoms with Gasteiger partial charge in [-0.1, -0.05) is 37.3 Å². The van der Waals surface area contributed by atoms with Gasteiger partial charge in [-0.05, 0) is 31.7 Å². The second-order valence-corrected chi connectivity index (χ2v) is 7.55. The molecule has 25 heavy (non-hydrogen) atoms. The summed E-state index contributed by atoms with van der Waals surface area (Å²) in [7, 11) is 0. The molecule has 5 nitrogen and oxygen atoms in total. The maximum atomic E-state index is 12.5. The number of halogens is 1. The van der Waals surface area contributed by atoms with Crippen molar-refractivity contribution in [1.82, 2.24) is 9.55 Å². The van der Waals surface area contributed by atoms with Crippen molar-refractivity contribution in [2.75, 3.05) is 5.32 Å². The van der Waals surface area contributed by atoms with E-state index < -0.39 is 6.10 Å². The SMILES string of the molecule is C[C@H](O)Cn1cc(NC(=O)CC2CCCCCC2)c2c(Cl)ccnc21. The van der Waals surface area contributed by atoms with E-state index in [1.54, 1.807) is 19.2 Å². The first kappa shape index (κ1) is 18.2. The van der Waals surface area contributed by atoms with Crippen LogP contribution in [0.15, 0.2) is 18.5 Å². The van der Waals surface area contributed by atoms with E-state index in [0.29, 0.717) is 35.2 Å². The molecule has 0 spiro atoms. The van der Waals surface area contributed by atoms with Crippen LogP contribution in [-0.2, 0) is 11.3 Å². The lowest BCUT2D eigenvalue weighted by atomic mass is 9.96. The van der Waals surface area contributed by atoms with Gasteiger partial charge in [0, 0.05) is 25.4 Å². The first-order chi connectivity index (χ1) is 12.0. The molecule has 0 unspecified atom stereocenters. The maximum absolute atomic E-state index is 12.5. The van der Waals surface area contributed by atoms with E-state index in [2.05, 4.69) is 10.3 Å². The van der Waals surface area contributed by atoms with Crippen LogP contribution >= 0.6 is 11.6 Å². The predicted octanol–water partition coefficient (Wildman–Crippen LogP) is 4.37. The van der Waals surface area contributed by atoms with Crippen molar-refractivity contribution < 1.29 is 9.90 Å². The van der Waals surface area contributed by atoms with Crippen molar-refractivity contribution in [1.29, 1.82) is 0 Å². The molecule has 2 heterocycles. The van der Waals surface area contributed by atoms with Crippen LogP contribution in [0.5, 0.6) is 0 Å². The van der Waals surface area contributed by atoms with Gasteiger partial charge in [0.1, 0.15) is 5.65 Å². The normalized spacial score (nSPS) is 17.4. The Morgan fingerprint density at radius 1 is 1.40 bits per heavy atom. The summed E-state index contributed by atoms with van der Waals surface area (Å²) >= 11 is 6.34. The Morgan fingerprint density at radius 3 is 2.80 bits per heavy atom. The minimum absolute atomic E-state index is 0.0305. The number of hydrogen-bond donors (Lipinski definition) is 2. The summed E-state index contributed by atoms with van der Waals surface area (Å²) in [5.74, 6) is 0.504. The Hall–Kier alpha value is -1.59. The molecule has 1 atom stereocenters. The third-order valence-corrected chi connectivity index (χ3v) is 5.21. The molecule has 0 aliphatic heterocycles. The minimum atomic E-state index is -0.508. The molecule has 136 valence electrons. The highest BCUT2D eigenvalue weighted by Gasteiger charge is 2.19. The quantitative estimate of drug-likeness (QED) is 0.775. The van der Waals surface area contributed by atoms with Crippen LogP contribution < -0.4 is 5.32 Å². The number of pyridine rings is 1. The number of rotatable bonds is 5. The molecule has 2 N–H and O–H groups in total. The average Bonchev–Trinajstić information content (AvgIpc) is 2.72. The van der Waals surface area contributed by atoms with Crippen molar-refractivity contribution in [3.63, 3.8) is 0 Å². The lowest BCUT2D eigenvalue weighted by Crippen LogP contribution is -2.16. The lowest BCUT2D eigenvalue weighted by molar-refractivity contribution is -0.117. The van der Waals surface area contributed by atoms with Gasteiger partial charge in [-0.3, -0.25) is 4.79 Å². The molecule has 0 bridgehead atoms. The number of amides is 1. The second-order valence-electron chi connectivity index (χ2n) is 7.15. The molecule has 6 heteroatoms. The fourth-order valence-electron chi connectivity index (χ4n) is 3.73. The van der Waals surface area contributed by atoms with E-state index in [1.807, 2.05) is 10.8 Å². The minimum Gasteiger partial charge on any atom is -0.392 e. The van der Waals surface area contributed by atoms with Gasteiger partial charge < -0.3 is 15.0 Å². The fraction of sp³-hybridized carbons (Fsp3) is 0.579. The van der Waals surface area contributed by atoms with Crippen LogP contribution in [0, 0.1) is 5.92 Å². The van der Waals surface area contributed by atoms with Crippen molar-refractivity contribution in [2.24, 2.45) is 5.92 Å². The smallest absolute Gasteiger partial charge is 0.224 e. The standard InChI is InChI=1S/C19H26ClN3O2/c1-13(24)11-23-12-16(18-15(20)8-9-21-19(18)23)22-17(25)10-14-6-4-2-3-5-7-14/h8-9,12-14,24H,2-7,10-11H2,1H3,(H,22,25)/t13-/m0/s1. The van der Waals surface area contributed by atoms with Gasteiger partial charge in [0.15, 0.2) is 0 Å². The van der Waals surface area contributed by atoms with Crippen LogP contribution in [0.4, 0.5) is 5.69 Å². The van der Waals surface area contributed by atoms with Crippen LogP contribution in [-0.4, -0.2) is 26.7 Å². The number of aromatic nitrogens is 2. The number of fused-ring (bicyclic) bond motifs is 1. The highest BCUT2D eigenvalue weighted by molar-refractivity contribution is 6.36. The number of hydrogen-bond acceptors (Lipinski definition) is 3. The Bertz CT molecular complexity index is 734. The summed E-state index contributed by atoms with van der Waals surface area (Å²) in [5.41, 5.74) is 1.35. The first-order valence-corrected chi connectivity index (χ1v) is 9.53. The number of carbonyl (C=O) groups excluding carboxylic acids is 1.